The number of rotatable bonds is 2. The Labute approximate surface area is 106 Å². The van der Waals surface area contributed by atoms with Gasteiger partial charge in [-0.25, -0.2) is 0 Å². The Balaban J connectivity index is 2.04. The normalized spacial score (nSPS) is 16.2. The molecule has 1 heterocycles. The van der Waals surface area contributed by atoms with E-state index in [0.29, 0.717) is 31.7 Å². The molecule has 18 heavy (non-hydrogen) atoms. The van der Waals surface area contributed by atoms with Crippen molar-refractivity contribution in [3.05, 3.63) is 29.8 Å². The Hall–Kier alpha value is -2.04. The number of benzene rings is 1. The van der Waals surface area contributed by atoms with Crippen LogP contribution in [-0.2, 0) is 4.79 Å². The van der Waals surface area contributed by atoms with E-state index in [2.05, 4.69) is 0 Å². The Morgan fingerprint density at radius 2 is 1.83 bits per heavy atom. The zero-order chi connectivity index (χ0) is 13.0. The summed E-state index contributed by atoms with van der Waals surface area (Å²) in [6, 6.07) is 6.20. The highest BCUT2D eigenvalue weighted by Gasteiger charge is 2.19. The van der Waals surface area contributed by atoms with Crippen LogP contribution in [0.5, 0.6) is 5.75 Å². The molecule has 5 heteroatoms. The number of nitrogens with zero attached hydrogens (tertiary/aromatic N) is 2. The van der Waals surface area contributed by atoms with E-state index in [-0.39, 0.29) is 11.7 Å². The minimum atomic E-state index is -0.0669. The van der Waals surface area contributed by atoms with Gasteiger partial charge in [-0.15, -0.1) is 0 Å². The molecular weight excluding hydrogens is 232 g/mol. The zero-order valence-corrected chi connectivity index (χ0v) is 10.0. The van der Waals surface area contributed by atoms with Gasteiger partial charge in [-0.1, -0.05) is 0 Å². The van der Waals surface area contributed by atoms with Crippen LogP contribution in [0.1, 0.15) is 16.8 Å². The lowest BCUT2D eigenvalue weighted by Gasteiger charge is -2.20. The fraction of sp³-hybridized carbons (Fsp3) is 0.385. The number of aromatic hydroxyl groups is 1. The summed E-state index contributed by atoms with van der Waals surface area (Å²) in [5, 5.41) is 9.19. The average molecular weight is 247 g/mol. The van der Waals surface area contributed by atoms with Gasteiger partial charge in [0.15, 0.2) is 0 Å². The minimum Gasteiger partial charge on any atom is -0.508 e. The summed E-state index contributed by atoms with van der Waals surface area (Å²) in [6.07, 6.45) is 2.63. The second-order valence-electron chi connectivity index (χ2n) is 4.27. The van der Waals surface area contributed by atoms with Crippen LogP contribution < -0.4 is 0 Å². The van der Waals surface area contributed by atoms with E-state index in [0.717, 1.165) is 6.42 Å². The first kappa shape index (κ1) is 12.4. The molecule has 1 fully saturated rings. The maximum absolute atomic E-state index is 12.2. The van der Waals surface area contributed by atoms with Crippen molar-refractivity contribution in [2.75, 3.05) is 26.2 Å². The van der Waals surface area contributed by atoms with Crippen molar-refractivity contribution < 1.29 is 14.7 Å². The van der Waals surface area contributed by atoms with E-state index in [4.69, 9.17) is 0 Å². The molecule has 0 aliphatic carbocycles. The van der Waals surface area contributed by atoms with Gasteiger partial charge in [-0.3, -0.25) is 9.59 Å². The van der Waals surface area contributed by atoms with E-state index in [1.807, 2.05) is 6.41 Å². The molecule has 0 unspecified atom stereocenters. The van der Waals surface area contributed by atoms with Gasteiger partial charge in [-0.2, -0.15) is 0 Å². The van der Waals surface area contributed by atoms with E-state index >= 15 is 0 Å². The molecule has 1 aliphatic rings. The summed E-state index contributed by atoms with van der Waals surface area (Å²) in [4.78, 5) is 26.0. The molecule has 5 nitrogen and oxygen atoms in total. The van der Waals surface area contributed by atoms with Crippen LogP contribution >= 0.6 is 0 Å². The summed E-state index contributed by atoms with van der Waals surface area (Å²) in [5.74, 6) is 0.0758. The number of hydrogen-bond donors (Lipinski definition) is 1. The fourth-order valence-corrected chi connectivity index (χ4v) is 2.00. The summed E-state index contributed by atoms with van der Waals surface area (Å²) in [5.41, 5.74) is 0.552. The van der Waals surface area contributed by atoms with Crippen LogP contribution in [0.4, 0.5) is 0 Å². The summed E-state index contributed by atoms with van der Waals surface area (Å²) in [6.45, 7) is 2.32. The largest absolute Gasteiger partial charge is 0.508 e. The number of phenolic OH excluding ortho intramolecular Hbond substituents is 1. The third-order valence-corrected chi connectivity index (χ3v) is 3.03. The zero-order valence-electron chi connectivity index (χ0n) is 10.0. The summed E-state index contributed by atoms with van der Waals surface area (Å²) >= 11 is 0. The van der Waals surface area contributed by atoms with Crippen molar-refractivity contribution in [1.82, 2.24) is 9.80 Å². The molecule has 1 radical (unpaired) electrons. The maximum atomic E-state index is 12.2. The van der Waals surface area contributed by atoms with Crippen LogP contribution in [0.15, 0.2) is 24.3 Å². The van der Waals surface area contributed by atoms with Crippen molar-refractivity contribution in [2.45, 2.75) is 6.42 Å². The first-order chi connectivity index (χ1) is 8.70. The van der Waals surface area contributed by atoms with Gasteiger partial charge in [0.25, 0.3) is 5.91 Å². The van der Waals surface area contributed by atoms with Crippen molar-refractivity contribution >= 4 is 12.3 Å². The molecule has 1 aliphatic heterocycles. The Morgan fingerprint density at radius 3 is 2.50 bits per heavy atom. The second-order valence-corrected chi connectivity index (χ2v) is 4.27. The lowest BCUT2D eigenvalue weighted by Crippen LogP contribution is -2.34. The van der Waals surface area contributed by atoms with Gasteiger partial charge in [0.2, 0.25) is 0 Å². The quantitative estimate of drug-likeness (QED) is 0.832. The Kier molecular flexibility index (Phi) is 3.82. The Bertz CT molecular complexity index is 430. The summed E-state index contributed by atoms with van der Waals surface area (Å²) in [7, 11) is 0. The molecule has 0 spiro atoms. The van der Waals surface area contributed by atoms with E-state index in [1.165, 1.54) is 12.1 Å². The highest BCUT2D eigenvalue weighted by molar-refractivity contribution is 5.94. The van der Waals surface area contributed by atoms with Crippen molar-refractivity contribution in [1.29, 1.82) is 0 Å². The molecule has 0 atom stereocenters. The minimum absolute atomic E-state index is 0.0669. The van der Waals surface area contributed by atoms with Crippen molar-refractivity contribution in [3.8, 4) is 5.75 Å². The lowest BCUT2D eigenvalue weighted by molar-refractivity contribution is 0.0764. The number of carbonyl (C=O) groups is 1. The van der Waals surface area contributed by atoms with Gasteiger partial charge >= 0.3 is 6.41 Å². The van der Waals surface area contributed by atoms with E-state index < -0.39 is 0 Å². The molecule has 0 aromatic heterocycles. The van der Waals surface area contributed by atoms with Crippen LogP contribution in [0.2, 0.25) is 0 Å². The highest BCUT2D eigenvalue weighted by atomic mass is 16.3. The van der Waals surface area contributed by atoms with Gasteiger partial charge in [-0.05, 0) is 30.7 Å². The number of carbonyl (C=O) groups excluding carboxylic acids is 2. The van der Waals surface area contributed by atoms with E-state index in [1.54, 1.807) is 21.9 Å². The third-order valence-electron chi connectivity index (χ3n) is 3.03. The molecular formula is C13H15N2O3. The van der Waals surface area contributed by atoms with Crippen LogP contribution in [0, 0.1) is 0 Å². The predicted molar refractivity (Wildman–Crippen MR) is 65.9 cm³/mol. The molecule has 1 N–H and O–H groups in total. The first-order valence-corrected chi connectivity index (χ1v) is 5.92. The van der Waals surface area contributed by atoms with Crippen LogP contribution in [0.25, 0.3) is 0 Å². The van der Waals surface area contributed by atoms with Gasteiger partial charge in [0.1, 0.15) is 5.75 Å². The summed E-state index contributed by atoms with van der Waals surface area (Å²) < 4.78 is 0. The van der Waals surface area contributed by atoms with Crippen LogP contribution in [0.3, 0.4) is 0 Å². The lowest BCUT2D eigenvalue weighted by atomic mass is 10.2. The van der Waals surface area contributed by atoms with Gasteiger partial charge in [0.05, 0.1) is 0 Å². The standard InChI is InChI=1S/C13H15N2O3/c16-10-14-6-1-7-15(9-8-14)13(18)11-2-4-12(17)5-3-11/h2-5,17H,1,6-9H2. The molecule has 1 aromatic rings. The topological polar surface area (TPSA) is 60.9 Å². The maximum Gasteiger partial charge on any atom is 0.312 e. The van der Waals surface area contributed by atoms with Crippen molar-refractivity contribution in [2.24, 2.45) is 0 Å². The molecule has 0 bridgehead atoms. The first-order valence-electron chi connectivity index (χ1n) is 5.92. The highest BCUT2D eigenvalue weighted by Crippen LogP contribution is 2.13. The monoisotopic (exact) mass is 247 g/mol. The SMILES string of the molecule is O=[C]N1CCCN(C(=O)c2ccc(O)cc2)CC1. The molecule has 1 saturated heterocycles. The Morgan fingerprint density at radius 1 is 1.11 bits per heavy atom. The van der Waals surface area contributed by atoms with Crippen molar-refractivity contribution in [3.63, 3.8) is 0 Å². The molecule has 2 amide bonds. The number of amides is 2. The number of hydrogen-bond acceptors (Lipinski definition) is 3. The fourth-order valence-electron chi connectivity index (χ4n) is 2.00. The molecule has 95 valence electrons. The third kappa shape index (κ3) is 2.80. The van der Waals surface area contributed by atoms with Gasteiger partial charge < -0.3 is 14.9 Å². The molecule has 2 rings (SSSR count). The molecule has 0 saturated carbocycles. The predicted octanol–water partition coefficient (Wildman–Crippen LogP) is 0.607. The number of phenols is 1. The smallest absolute Gasteiger partial charge is 0.312 e. The molecule has 1 aromatic carbocycles. The van der Waals surface area contributed by atoms with Gasteiger partial charge in [0, 0.05) is 31.7 Å². The second kappa shape index (κ2) is 5.53. The van der Waals surface area contributed by atoms with Crippen LogP contribution in [-0.4, -0.2) is 53.4 Å². The average Bonchev–Trinajstić information content (AvgIpc) is 2.64. The van der Waals surface area contributed by atoms with E-state index in [9.17, 15) is 14.7 Å².